The lowest BCUT2D eigenvalue weighted by molar-refractivity contribution is 0.441. The lowest BCUT2D eigenvalue weighted by Crippen LogP contribution is -2.17. The molecule has 1 unspecified atom stereocenters. The highest BCUT2D eigenvalue weighted by molar-refractivity contribution is 9.10. The number of ether oxygens (including phenoxy) is 1. The summed E-state index contributed by atoms with van der Waals surface area (Å²) in [6.45, 7) is 1.91. The molecule has 0 amide bonds. The van der Waals surface area contributed by atoms with Crippen molar-refractivity contribution in [3.05, 3.63) is 57.3 Å². The standard InChI is InChI=1S/C15H14BrClFNO/c1-9(19)6-10-2-4-12(8-13(10)17)20-15-7-11(16)3-5-14(15)18/h2-5,7-9H,6,19H2,1H3. The van der Waals surface area contributed by atoms with Gasteiger partial charge >= 0.3 is 0 Å². The van der Waals surface area contributed by atoms with Gasteiger partial charge in [0.25, 0.3) is 0 Å². The molecule has 5 heteroatoms. The summed E-state index contributed by atoms with van der Waals surface area (Å²) in [5, 5.41) is 0.565. The van der Waals surface area contributed by atoms with Gasteiger partial charge < -0.3 is 10.5 Å². The van der Waals surface area contributed by atoms with Crippen molar-refractivity contribution in [2.75, 3.05) is 0 Å². The van der Waals surface area contributed by atoms with E-state index in [0.29, 0.717) is 17.2 Å². The Morgan fingerprint density at radius 1 is 1.30 bits per heavy atom. The molecule has 0 aliphatic heterocycles. The highest BCUT2D eigenvalue weighted by Gasteiger charge is 2.09. The fourth-order valence-corrected chi connectivity index (χ4v) is 2.37. The molecule has 20 heavy (non-hydrogen) atoms. The van der Waals surface area contributed by atoms with Crippen LogP contribution >= 0.6 is 27.5 Å². The number of hydrogen-bond donors (Lipinski definition) is 1. The number of nitrogens with two attached hydrogens (primary N) is 1. The first-order chi connectivity index (χ1) is 9.45. The van der Waals surface area contributed by atoms with Crippen molar-refractivity contribution < 1.29 is 9.13 Å². The largest absolute Gasteiger partial charge is 0.454 e. The van der Waals surface area contributed by atoms with Crippen LogP contribution in [0.25, 0.3) is 0 Å². The van der Waals surface area contributed by atoms with Gasteiger partial charge in [-0.15, -0.1) is 0 Å². The van der Waals surface area contributed by atoms with E-state index in [1.165, 1.54) is 6.07 Å². The first-order valence-electron chi connectivity index (χ1n) is 6.12. The average Bonchev–Trinajstić information content (AvgIpc) is 2.37. The van der Waals surface area contributed by atoms with Gasteiger partial charge in [0.15, 0.2) is 11.6 Å². The lowest BCUT2D eigenvalue weighted by Gasteiger charge is -2.11. The van der Waals surface area contributed by atoms with Crippen LogP contribution in [0.4, 0.5) is 4.39 Å². The van der Waals surface area contributed by atoms with Gasteiger partial charge in [-0.2, -0.15) is 0 Å². The van der Waals surface area contributed by atoms with Crippen LogP contribution in [-0.4, -0.2) is 6.04 Å². The Morgan fingerprint density at radius 3 is 2.70 bits per heavy atom. The van der Waals surface area contributed by atoms with Crippen molar-refractivity contribution in [1.82, 2.24) is 0 Å². The van der Waals surface area contributed by atoms with Crippen molar-refractivity contribution in [2.45, 2.75) is 19.4 Å². The SMILES string of the molecule is CC(N)Cc1ccc(Oc2cc(Br)ccc2F)cc1Cl. The minimum atomic E-state index is -0.427. The maximum absolute atomic E-state index is 13.6. The molecular formula is C15H14BrClFNO. The molecule has 2 aromatic carbocycles. The molecule has 0 aromatic heterocycles. The maximum atomic E-state index is 13.6. The molecule has 1 atom stereocenters. The van der Waals surface area contributed by atoms with Crippen molar-refractivity contribution in [2.24, 2.45) is 5.73 Å². The molecule has 0 fully saturated rings. The summed E-state index contributed by atoms with van der Waals surface area (Å²) in [6, 6.07) is 9.81. The van der Waals surface area contributed by atoms with Crippen molar-refractivity contribution in [1.29, 1.82) is 0 Å². The molecule has 0 saturated heterocycles. The minimum Gasteiger partial charge on any atom is -0.454 e. The highest BCUT2D eigenvalue weighted by atomic mass is 79.9. The van der Waals surface area contributed by atoms with Crippen LogP contribution in [0.5, 0.6) is 11.5 Å². The predicted octanol–water partition coefficient (Wildman–Crippen LogP) is 4.92. The topological polar surface area (TPSA) is 35.2 Å². The third-order valence-corrected chi connectivity index (χ3v) is 3.53. The zero-order chi connectivity index (χ0) is 14.7. The zero-order valence-corrected chi connectivity index (χ0v) is 13.2. The van der Waals surface area contributed by atoms with E-state index >= 15 is 0 Å². The summed E-state index contributed by atoms with van der Waals surface area (Å²) in [4.78, 5) is 0. The summed E-state index contributed by atoms with van der Waals surface area (Å²) >= 11 is 9.45. The van der Waals surface area contributed by atoms with Crippen LogP contribution in [0.15, 0.2) is 40.9 Å². The summed E-state index contributed by atoms with van der Waals surface area (Å²) < 4.78 is 19.9. The van der Waals surface area contributed by atoms with Gasteiger partial charge in [0.1, 0.15) is 5.75 Å². The minimum absolute atomic E-state index is 0.0294. The number of benzene rings is 2. The monoisotopic (exact) mass is 357 g/mol. The van der Waals surface area contributed by atoms with Crippen LogP contribution in [0.3, 0.4) is 0 Å². The molecule has 106 valence electrons. The Balaban J connectivity index is 2.22. The van der Waals surface area contributed by atoms with Gasteiger partial charge in [-0.1, -0.05) is 33.6 Å². The lowest BCUT2D eigenvalue weighted by atomic mass is 10.1. The third-order valence-electron chi connectivity index (χ3n) is 2.69. The molecule has 2 aromatic rings. The van der Waals surface area contributed by atoms with E-state index in [4.69, 9.17) is 22.1 Å². The van der Waals surface area contributed by atoms with Crippen LogP contribution in [0.1, 0.15) is 12.5 Å². The second kappa shape index (κ2) is 6.57. The quantitative estimate of drug-likeness (QED) is 0.841. The fraction of sp³-hybridized carbons (Fsp3) is 0.200. The Bertz CT molecular complexity index is 619. The molecule has 0 radical (unpaired) electrons. The smallest absolute Gasteiger partial charge is 0.165 e. The summed E-state index contributed by atoms with van der Waals surface area (Å²) in [5.41, 5.74) is 6.69. The Labute approximate surface area is 130 Å². The average molecular weight is 359 g/mol. The summed E-state index contributed by atoms with van der Waals surface area (Å²) in [7, 11) is 0. The molecule has 2 nitrogen and oxygen atoms in total. The van der Waals surface area contributed by atoms with Gasteiger partial charge in [0, 0.05) is 15.5 Å². The molecule has 0 spiro atoms. The van der Waals surface area contributed by atoms with Gasteiger partial charge in [-0.05, 0) is 49.2 Å². The van der Waals surface area contributed by atoms with E-state index in [9.17, 15) is 4.39 Å². The van der Waals surface area contributed by atoms with E-state index in [-0.39, 0.29) is 11.8 Å². The molecule has 0 aliphatic rings. The molecular weight excluding hydrogens is 345 g/mol. The second-order valence-electron chi connectivity index (χ2n) is 4.61. The van der Waals surface area contributed by atoms with Gasteiger partial charge in [-0.3, -0.25) is 0 Å². The van der Waals surface area contributed by atoms with Gasteiger partial charge in [0.05, 0.1) is 0 Å². The first-order valence-corrected chi connectivity index (χ1v) is 7.29. The van der Waals surface area contributed by atoms with E-state index < -0.39 is 5.82 Å². The molecule has 2 rings (SSSR count). The zero-order valence-electron chi connectivity index (χ0n) is 10.9. The normalized spacial score (nSPS) is 12.2. The first kappa shape index (κ1) is 15.3. The van der Waals surface area contributed by atoms with Gasteiger partial charge in [0.2, 0.25) is 0 Å². The molecule has 0 saturated carbocycles. The van der Waals surface area contributed by atoms with Crippen LogP contribution < -0.4 is 10.5 Å². The van der Waals surface area contributed by atoms with Crippen LogP contribution in [-0.2, 0) is 6.42 Å². The van der Waals surface area contributed by atoms with Crippen LogP contribution in [0.2, 0.25) is 5.02 Å². The molecule has 0 aliphatic carbocycles. The van der Waals surface area contributed by atoms with Crippen LogP contribution in [0, 0.1) is 5.82 Å². The van der Waals surface area contributed by atoms with E-state index in [2.05, 4.69) is 15.9 Å². The second-order valence-corrected chi connectivity index (χ2v) is 5.93. The predicted molar refractivity (Wildman–Crippen MR) is 83.0 cm³/mol. The number of hydrogen-bond acceptors (Lipinski definition) is 2. The van der Waals surface area contributed by atoms with E-state index in [0.717, 1.165) is 10.0 Å². The van der Waals surface area contributed by atoms with Gasteiger partial charge in [-0.25, -0.2) is 4.39 Å². The fourth-order valence-electron chi connectivity index (χ4n) is 1.79. The summed E-state index contributed by atoms with van der Waals surface area (Å²) in [6.07, 6.45) is 0.685. The number of rotatable bonds is 4. The Kier molecular flexibility index (Phi) is 5.02. The van der Waals surface area contributed by atoms with E-state index in [1.54, 1.807) is 24.3 Å². The van der Waals surface area contributed by atoms with Crippen molar-refractivity contribution in [3.8, 4) is 11.5 Å². The van der Waals surface area contributed by atoms with Crippen molar-refractivity contribution >= 4 is 27.5 Å². The third kappa shape index (κ3) is 3.95. The molecule has 2 N–H and O–H groups in total. The highest BCUT2D eigenvalue weighted by Crippen LogP contribution is 2.30. The Morgan fingerprint density at radius 2 is 2.05 bits per heavy atom. The molecule has 0 heterocycles. The maximum Gasteiger partial charge on any atom is 0.165 e. The van der Waals surface area contributed by atoms with E-state index in [1.807, 2.05) is 13.0 Å². The molecule has 0 bridgehead atoms. The number of halogens is 3. The van der Waals surface area contributed by atoms with Crippen molar-refractivity contribution in [3.63, 3.8) is 0 Å². The summed E-state index contributed by atoms with van der Waals surface area (Å²) in [5.74, 6) is 0.208. The Hall–Kier alpha value is -1.10.